The van der Waals surface area contributed by atoms with Crippen LogP contribution in [-0.2, 0) is 16.0 Å². The van der Waals surface area contributed by atoms with Crippen molar-refractivity contribution in [2.24, 2.45) is 0 Å². The Labute approximate surface area is 104 Å². The smallest absolute Gasteiger partial charge is 0.322 e. The van der Waals surface area contributed by atoms with Gasteiger partial charge >= 0.3 is 5.97 Å². The lowest BCUT2D eigenvalue weighted by Crippen LogP contribution is -2.45. The number of fused-ring (bicyclic) bond motifs is 1. The van der Waals surface area contributed by atoms with Gasteiger partial charge in [0.2, 0.25) is 5.91 Å². The normalized spacial score (nSPS) is 15.6. The molecule has 0 saturated carbocycles. The van der Waals surface area contributed by atoms with E-state index in [0.717, 1.165) is 11.3 Å². The maximum atomic E-state index is 11.9. The van der Waals surface area contributed by atoms with Gasteiger partial charge in [0.05, 0.1) is 13.0 Å². The lowest BCUT2D eigenvalue weighted by Gasteiger charge is -2.21. The summed E-state index contributed by atoms with van der Waals surface area (Å²) in [6.07, 6.45) is 0.274. The average Bonchev–Trinajstić information content (AvgIpc) is 2.60. The van der Waals surface area contributed by atoms with Crippen molar-refractivity contribution in [3.05, 3.63) is 23.8 Å². The molecule has 0 bridgehead atoms. The third-order valence-electron chi connectivity index (χ3n) is 3.05. The summed E-state index contributed by atoms with van der Waals surface area (Å²) < 4.78 is 0. The summed E-state index contributed by atoms with van der Waals surface area (Å²) in [6, 6.07) is 4.43. The molecule has 1 amide bonds. The molecule has 1 aromatic rings. The number of carbonyl (C=O) groups is 2. The van der Waals surface area contributed by atoms with Crippen LogP contribution < -0.4 is 16.0 Å². The first kappa shape index (κ1) is 12.4. The first-order valence-corrected chi connectivity index (χ1v) is 5.61. The van der Waals surface area contributed by atoms with E-state index in [4.69, 9.17) is 10.8 Å². The number of benzene rings is 1. The fourth-order valence-electron chi connectivity index (χ4n) is 2.08. The molecule has 0 fully saturated rings. The number of nitrogens with zero attached hydrogens (tertiary/aromatic N) is 1. The molecule has 6 nitrogen and oxygen atoms in total. The van der Waals surface area contributed by atoms with Crippen LogP contribution in [0.5, 0.6) is 0 Å². The van der Waals surface area contributed by atoms with E-state index in [-0.39, 0.29) is 18.9 Å². The van der Waals surface area contributed by atoms with Gasteiger partial charge in [-0.15, -0.1) is 0 Å². The lowest BCUT2D eigenvalue weighted by molar-refractivity contribution is -0.139. The third-order valence-corrected chi connectivity index (χ3v) is 3.05. The highest BCUT2D eigenvalue weighted by Gasteiger charge is 2.30. The van der Waals surface area contributed by atoms with Crippen molar-refractivity contribution in [1.82, 2.24) is 5.32 Å². The van der Waals surface area contributed by atoms with E-state index in [9.17, 15) is 9.59 Å². The minimum Gasteiger partial charge on any atom is -0.480 e. The van der Waals surface area contributed by atoms with E-state index in [1.165, 1.54) is 4.90 Å². The van der Waals surface area contributed by atoms with Gasteiger partial charge < -0.3 is 21.1 Å². The molecule has 1 aliphatic heterocycles. The van der Waals surface area contributed by atoms with Crippen molar-refractivity contribution in [3.63, 3.8) is 0 Å². The largest absolute Gasteiger partial charge is 0.480 e. The van der Waals surface area contributed by atoms with Gasteiger partial charge in [-0.05, 0) is 30.8 Å². The van der Waals surface area contributed by atoms with Gasteiger partial charge in [0.25, 0.3) is 0 Å². The number of nitrogen functional groups attached to an aromatic ring is 1. The highest BCUT2D eigenvalue weighted by molar-refractivity contribution is 6.02. The van der Waals surface area contributed by atoms with Crippen molar-refractivity contribution < 1.29 is 14.7 Å². The predicted octanol–water partition coefficient (Wildman–Crippen LogP) is -0.169. The molecule has 6 heteroatoms. The average molecular weight is 249 g/mol. The minimum atomic E-state index is -0.978. The molecule has 18 heavy (non-hydrogen) atoms. The number of carboxylic acid groups (broad SMARTS) is 1. The molecule has 0 aliphatic carbocycles. The number of carboxylic acids is 1. The number of nitrogens with two attached hydrogens (primary N) is 1. The molecule has 1 heterocycles. The van der Waals surface area contributed by atoms with Gasteiger partial charge in [-0.3, -0.25) is 9.59 Å². The van der Waals surface area contributed by atoms with Crippen molar-refractivity contribution in [2.45, 2.75) is 12.5 Å². The van der Waals surface area contributed by atoms with Crippen molar-refractivity contribution in [1.29, 1.82) is 0 Å². The molecular weight excluding hydrogens is 234 g/mol. The van der Waals surface area contributed by atoms with E-state index in [1.54, 1.807) is 25.2 Å². The molecular formula is C12H15N3O3. The number of carbonyl (C=O) groups excluding carboxylic acids is 1. The van der Waals surface area contributed by atoms with Gasteiger partial charge in [0.1, 0.15) is 6.04 Å². The zero-order valence-electron chi connectivity index (χ0n) is 10.0. The van der Waals surface area contributed by atoms with Crippen molar-refractivity contribution >= 4 is 23.3 Å². The van der Waals surface area contributed by atoms with Crippen molar-refractivity contribution in [2.75, 3.05) is 24.2 Å². The number of likely N-dealkylation sites (N-methyl/N-ethyl adjacent to an activating group) is 1. The number of hydrogen-bond acceptors (Lipinski definition) is 4. The molecule has 96 valence electrons. The van der Waals surface area contributed by atoms with Crippen LogP contribution in [0, 0.1) is 0 Å². The molecule has 1 aromatic carbocycles. The Morgan fingerprint density at radius 1 is 1.61 bits per heavy atom. The minimum absolute atomic E-state index is 0.0999. The highest BCUT2D eigenvalue weighted by Crippen LogP contribution is 2.30. The van der Waals surface area contributed by atoms with Crippen LogP contribution in [0.2, 0.25) is 0 Å². The summed E-state index contributed by atoms with van der Waals surface area (Å²) >= 11 is 0. The summed E-state index contributed by atoms with van der Waals surface area (Å²) in [7, 11) is 1.56. The molecule has 0 saturated heterocycles. The van der Waals surface area contributed by atoms with E-state index in [1.807, 2.05) is 0 Å². The van der Waals surface area contributed by atoms with Gasteiger partial charge in [-0.2, -0.15) is 0 Å². The molecule has 4 N–H and O–H groups in total. The fraction of sp³-hybridized carbons (Fsp3) is 0.333. The number of hydrogen-bond donors (Lipinski definition) is 3. The summed E-state index contributed by atoms with van der Waals surface area (Å²) in [5.74, 6) is -1.08. The number of nitrogens with one attached hydrogen (secondary N) is 1. The van der Waals surface area contributed by atoms with E-state index < -0.39 is 12.0 Å². The Balaban J connectivity index is 2.25. The lowest BCUT2D eigenvalue weighted by atomic mass is 10.1. The van der Waals surface area contributed by atoms with E-state index in [0.29, 0.717) is 5.69 Å². The Morgan fingerprint density at radius 3 is 2.94 bits per heavy atom. The topological polar surface area (TPSA) is 95.7 Å². The Bertz CT molecular complexity index is 501. The van der Waals surface area contributed by atoms with E-state index in [2.05, 4.69) is 5.32 Å². The quantitative estimate of drug-likeness (QED) is 0.644. The van der Waals surface area contributed by atoms with E-state index >= 15 is 0 Å². The maximum absolute atomic E-state index is 11.9. The Kier molecular flexibility index (Phi) is 3.20. The Hall–Kier alpha value is -2.08. The first-order chi connectivity index (χ1) is 8.52. The zero-order valence-corrected chi connectivity index (χ0v) is 10.0. The molecule has 0 aromatic heterocycles. The summed E-state index contributed by atoms with van der Waals surface area (Å²) in [4.78, 5) is 24.3. The number of rotatable bonds is 4. The van der Waals surface area contributed by atoms with Crippen LogP contribution in [0.3, 0.4) is 0 Å². The van der Waals surface area contributed by atoms with Crippen LogP contribution in [0.1, 0.15) is 5.56 Å². The molecule has 0 spiro atoms. The van der Waals surface area contributed by atoms with Crippen LogP contribution in [0.25, 0.3) is 0 Å². The fourth-order valence-corrected chi connectivity index (χ4v) is 2.08. The van der Waals surface area contributed by atoms with Crippen LogP contribution in [-0.4, -0.2) is 36.6 Å². The first-order valence-electron chi connectivity index (χ1n) is 5.61. The molecule has 0 radical (unpaired) electrons. The summed E-state index contributed by atoms with van der Waals surface area (Å²) in [5.41, 5.74) is 7.86. The van der Waals surface area contributed by atoms with Crippen LogP contribution in [0.15, 0.2) is 18.2 Å². The SMILES string of the molecule is CNC(CN1C(=O)Cc2cc(N)ccc21)C(=O)O. The Morgan fingerprint density at radius 2 is 2.33 bits per heavy atom. The number of amides is 1. The third kappa shape index (κ3) is 2.14. The van der Waals surface area contributed by atoms with Gasteiger partial charge in [0, 0.05) is 11.4 Å². The molecule has 1 aliphatic rings. The number of anilines is 2. The van der Waals surface area contributed by atoms with Crippen LogP contribution in [0.4, 0.5) is 11.4 Å². The van der Waals surface area contributed by atoms with Crippen molar-refractivity contribution in [3.8, 4) is 0 Å². The van der Waals surface area contributed by atoms with Gasteiger partial charge in [0.15, 0.2) is 0 Å². The number of aliphatic carboxylic acids is 1. The molecule has 2 rings (SSSR count). The van der Waals surface area contributed by atoms with Gasteiger partial charge in [-0.25, -0.2) is 0 Å². The van der Waals surface area contributed by atoms with Gasteiger partial charge in [-0.1, -0.05) is 0 Å². The monoisotopic (exact) mass is 249 g/mol. The summed E-state index contributed by atoms with van der Waals surface area (Å²) in [6.45, 7) is 0.113. The second-order valence-electron chi connectivity index (χ2n) is 4.25. The maximum Gasteiger partial charge on any atom is 0.322 e. The second kappa shape index (κ2) is 4.66. The second-order valence-corrected chi connectivity index (χ2v) is 4.25. The summed E-state index contributed by atoms with van der Waals surface area (Å²) in [5, 5.41) is 11.7. The zero-order chi connectivity index (χ0) is 13.3. The molecule has 1 unspecified atom stereocenters. The van der Waals surface area contributed by atoms with Crippen LogP contribution >= 0.6 is 0 Å². The highest BCUT2D eigenvalue weighted by atomic mass is 16.4. The predicted molar refractivity (Wildman–Crippen MR) is 67.4 cm³/mol. The molecule has 1 atom stereocenters. The standard InChI is InChI=1S/C12H15N3O3/c1-14-9(12(17)18)6-15-10-3-2-8(13)4-7(10)5-11(15)16/h2-4,9,14H,5-6,13H2,1H3,(H,17,18).